The van der Waals surface area contributed by atoms with E-state index in [-0.39, 0.29) is 6.61 Å². The molecule has 0 saturated carbocycles. The summed E-state index contributed by atoms with van der Waals surface area (Å²) in [6.45, 7) is 0.985. The average molecular weight is 258 g/mol. The topological polar surface area (TPSA) is 38.0 Å². The van der Waals surface area contributed by atoms with Crippen LogP contribution in [0.2, 0.25) is 0 Å². The Labute approximate surface area is 110 Å². The average Bonchev–Trinajstić information content (AvgIpc) is 2.90. The molecule has 3 nitrogen and oxygen atoms in total. The zero-order chi connectivity index (χ0) is 12.4. The van der Waals surface area contributed by atoms with Crippen LogP contribution < -0.4 is 0 Å². The zero-order valence-electron chi connectivity index (χ0n) is 9.91. The Balaban J connectivity index is 1.87. The number of aromatic nitrogens is 2. The molecule has 0 atom stereocenters. The van der Waals surface area contributed by atoms with E-state index in [2.05, 4.69) is 27.8 Å². The van der Waals surface area contributed by atoms with Gasteiger partial charge >= 0.3 is 0 Å². The van der Waals surface area contributed by atoms with Crippen molar-refractivity contribution in [2.75, 3.05) is 5.75 Å². The summed E-state index contributed by atoms with van der Waals surface area (Å²) in [6, 6.07) is 6.14. The number of hydrogen-bond donors (Lipinski definition) is 1. The van der Waals surface area contributed by atoms with Gasteiger partial charge < -0.3 is 9.67 Å². The second kappa shape index (κ2) is 5.00. The third kappa shape index (κ3) is 2.35. The van der Waals surface area contributed by atoms with Crippen LogP contribution in [0, 0.1) is 0 Å². The van der Waals surface area contributed by atoms with Gasteiger partial charge in [-0.05, 0) is 28.8 Å². The standard InChI is InChI=1S/C14H14N2OS/c17-8-11-1-2-14-13(5-11)6-12(9-18-14)7-16-4-3-15-10-16/h1-6,10,17H,7-9H2. The molecule has 0 bridgehead atoms. The number of aliphatic hydroxyl groups excluding tert-OH is 1. The van der Waals surface area contributed by atoms with Gasteiger partial charge in [-0.1, -0.05) is 12.1 Å². The number of hydrogen-bond acceptors (Lipinski definition) is 3. The first kappa shape index (κ1) is 11.6. The lowest BCUT2D eigenvalue weighted by Crippen LogP contribution is -2.04. The lowest BCUT2D eigenvalue weighted by atomic mass is 10.1. The zero-order valence-corrected chi connectivity index (χ0v) is 10.7. The molecule has 0 radical (unpaired) electrons. The Morgan fingerprint density at radius 2 is 2.33 bits per heavy atom. The molecule has 0 aliphatic carbocycles. The number of nitrogens with zero attached hydrogens (tertiary/aromatic N) is 2. The van der Waals surface area contributed by atoms with Crippen LogP contribution in [0.1, 0.15) is 11.1 Å². The van der Waals surface area contributed by atoms with Crippen LogP contribution in [-0.4, -0.2) is 20.4 Å². The van der Waals surface area contributed by atoms with Crippen molar-refractivity contribution in [3.63, 3.8) is 0 Å². The summed E-state index contributed by atoms with van der Waals surface area (Å²) in [4.78, 5) is 5.35. The molecule has 3 rings (SSSR count). The minimum absolute atomic E-state index is 0.0998. The van der Waals surface area contributed by atoms with E-state index >= 15 is 0 Å². The molecule has 2 heterocycles. The second-order valence-corrected chi connectivity index (χ2v) is 5.37. The summed E-state index contributed by atoms with van der Waals surface area (Å²) in [5, 5.41) is 9.17. The van der Waals surface area contributed by atoms with Crippen molar-refractivity contribution < 1.29 is 5.11 Å². The highest BCUT2D eigenvalue weighted by Gasteiger charge is 2.11. The van der Waals surface area contributed by atoms with E-state index in [0.717, 1.165) is 17.9 Å². The Morgan fingerprint density at radius 1 is 1.39 bits per heavy atom. The van der Waals surface area contributed by atoms with Gasteiger partial charge in [-0.3, -0.25) is 0 Å². The molecule has 1 aliphatic heterocycles. The molecule has 4 heteroatoms. The number of thioether (sulfide) groups is 1. The van der Waals surface area contributed by atoms with Gasteiger partial charge in [-0.15, -0.1) is 11.8 Å². The van der Waals surface area contributed by atoms with Crippen LogP contribution in [0.15, 0.2) is 47.4 Å². The highest BCUT2D eigenvalue weighted by atomic mass is 32.2. The molecule has 1 aliphatic rings. The van der Waals surface area contributed by atoms with E-state index in [1.165, 1.54) is 16.0 Å². The van der Waals surface area contributed by atoms with Crippen molar-refractivity contribution in [3.05, 3.63) is 53.6 Å². The molecule has 0 spiro atoms. The summed E-state index contributed by atoms with van der Waals surface area (Å²) in [7, 11) is 0. The lowest BCUT2D eigenvalue weighted by Gasteiger charge is -2.17. The molecule has 1 aromatic carbocycles. The third-order valence-corrected chi connectivity index (χ3v) is 4.17. The second-order valence-electron chi connectivity index (χ2n) is 4.36. The minimum Gasteiger partial charge on any atom is -0.392 e. The summed E-state index contributed by atoms with van der Waals surface area (Å²) in [5.74, 6) is 1.02. The van der Waals surface area contributed by atoms with E-state index in [1.807, 2.05) is 30.4 Å². The van der Waals surface area contributed by atoms with Crippen molar-refractivity contribution in [1.29, 1.82) is 0 Å². The molecule has 0 saturated heterocycles. The summed E-state index contributed by atoms with van der Waals surface area (Å²) < 4.78 is 2.08. The normalized spacial score (nSPS) is 14.2. The van der Waals surface area contributed by atoms with Gasteiger partial charge in [0.25, 0.3) is 0 Å². The molecule has 18 heavy (non-hydrogen) atoms. The highest BCUT2D eigenvalue weighted by molar-refractivity contribution is 7.99. The van der Waals surface area contributed by atoms with Crippen molar-refractivity contribution in [2.24, 2.45) is 0 Å². The highest BCUT2D eigenvalue weighted by Crippen LogP contribution is 2.32. The first-order valence-electron chi connectivity index (χ1n) is 5.87. The van der Waals surface area contributed by atoms with Gasteiger partial charge in [-0.25, -0.2) is 4.98 Å². The lowest BCUT2D eigenvalue weighted by molar-refractivity contribution is 0.281. The minimum atomic E-state index is 0.0998. The third-order valence-electron chi connectivity index (χ3n) is 2.97. The van der Waals surface area contributed by atoms with Crippen molar-refractivity contribution in [1.82, 2.24) is 9.55 Å². The van der Waals surface area contributed by atoms with Crippen molar-refractivity contribution >= 4 is 17.8 Å². The number of imidazole rings is 1. The Kier molecular flexibility index (Phi) is 3.21. The van der Waals surface area contributed by atoms with E-state index in [9.17, 15) is 5.11 Å². The maximum Gasteiger partial charge on any atom is 0.0948 e. The monoisotopic (exact) mass is 258 g/mol. The molecular formula is C14H14N2OS. The first-order chi connectivity index (χ1) is 8.85. The molecule has 1 N–H and O–H groups in total. The quantitative estimate of drug-likeness (QED) is 0.919. The van der Waals surface area contributed by atoms with Crippen LogP contribution in [0.3, 0.4) is 0 Å². The van der Waals surface area contributed by atoms with E-state index in [1.54, 1.807) is 6.20 Å². The Morgan fingerprint density at radius 3 is 3.11 bits per heavy atom. The fourth-order valence-electron chi connectivity index (χ4n) is 2.08. The van der Waals surface area contributed by atoms with E-state index in [0.29, 0.717) is 0 Å². The van der Waals surface area contributed by atoms with Gasteiger partial charge in [0.2, 0.25) is 0 Å². The first-order valence-corrected chi connectivity index (χ1v) is 6.85. The smallest absolute Gasteiger partial charge is 0.0948 e. The van der Waals surface area contributed by atoms with Gasteiger partial charge in [0.15, 0.2) is 0 Å². The van der Waals surface area contributed by atoms with Gasteiger partial charge in [-0.2, -0.15) is 0 Å². The van der Waals surface area contributed by atoms with Crippen LogP contribution in [0.25, 0.3) is 6.08 Å². The summed E-state index contributed by atoms with van der Waals surface area (Å²) in [5.41, 5.74) is 3.56. The van der Waals surface area contributed by atoms with Crippen LogP contribution in [0.4, 0.5) is 0 Å². The molecule has 1 aromatic heterocycles. The van der Waals surface area contributed by atoms with Gasteiger partial charge in [0.1, 0.15) is 0 Å². The Bertz CT molecular complexity index is 575. The van der Waals surface area contributed by atoms with E-state index < -0.39 is 0 Å². The van der Waals surface area contributed by atoms with Crippen LogP contribution in [0.5, 0.6) is 0 Å². The fourth-order valence-corrected chi connectivity index (χ4v) is 3.04. The molecule has 0 unspecified atom stereocenters. The van der Waals surface area contributed by atoms with Crippen LogP contribution >= 0.6 is 11.8 Å². The molecular weight excluding hydrogens is 244 g/mol. The maximum absolute atomic E-state index is 9.17. The van der Waals surface area contributed by atoms with Crippen molar-refractivity contribution in [3.8, 4) is 0 Å². The predicted molar refractivity (Wildman–Crippen MR) is 73.3 cm³/mol. The van der Waals surface area contributed by atoms with E-state index in [4.69, 9.17) is 0 Å². The fraction of sp³-hybridized carbons (Fsp3) is 0.214. The molecule has 0 amide bonds. The van der Waals surface area contributed by atoms with Crippen LogP contribution in [-0.2, 0) is 13.2 Å². The largest absolute Gasteiger partial charge is 0.392 e. The molecule has 2 aromatic rings. The summed E-state index contributed by atoms with van der Waals surface area (Å²) in [6.07, 6.45) is 7.84. The summed E-state index contributed by atoms with van der Waals surface area (Å²) >= 11 is 1.85. The molecule has 92 valence electrons. The molecule has 0 fully saturated rings. The van der Waals surface area contributed by atoms with Gasteiger partial charge in [0.05, 0.1) is 12.9 Å². The van der Waals surface area contributed by atoms with Crippen molar-refractivity contribution in [2.45, 2.75) is 18.0 Å². The maximum atomic E-state index is 9.17. The number of rotatable bonds is 3. The number of benzene rings is 1. The number of aliphatic hydroxyl groups is 1. The predicted octanol–water partition coefficient (Wildman–Crippen LogP) is 2.56. The Hall–Kier alpha value is -1.52. The SMILES string of the molecule is OCc1ccc2c(c1)C=C(Cn1ccnc1)CS2. The van der Waals surface area contributed by atoms with Gasteiger partial charge in [0, 0.05) is 29.6 Å². The number of fused-ring (bicyclic) bond motifs is 1.